The molecule has 0 radical (unpaired) electrons. The van der Waals surface area contributed by atoms with Gasteiger partial charge in [0.15, 0.2) is 0 Å². The summed E-state index contributed by atoms with van der Waals surface area (Å²) >= 11 is 0. The first kappa shape index (κ1) is 18.4. The van der Waals surface area contributed by atoms with Crippen molar-refractivity contribution >= 4 is 17.7 Å². The molecule has 0 atom stereocenters. The lowest BCUT2D eigenvalue weighted by Gasteiger charge is -2.33. The molecule has 6 nitrogen and oxygen atoms in total. The molecule has 0 unspecified atom stereocenters. The number of hydrogen-bond acceptors (Lipinski definition) is 3. The summed E-state index contributed by atoms with van der Waals surface area (Å²) in [7, 11) is 0. The number of amides is 3. The zero-order chi connectivity index (χ0) is 18.4. The van der Waals surface area contributed by atoms with Crippen molar-refractivity contribution in [2.24, 2.45) is 5.92 Å². The van der Waals surface area contributed by atoms with Gasteiger partial charge in [0.25, 0.3) is 0 Å². The standard InChI is InChI=1S/C20H27N3O3/c24-18(14-16-6-2-1-3-7-16)21-15-19(25)22-12-8-17(9-13-22)20(26)23-10-4-5-11-23/h1-3,6-7,17H,4-5,8-15H2,(H,21,24). The largest absolute Gasteiger partial charge is 0.347 e. The van der Waals surface area contributed by atoms with E-state index in [0.29, 0.717) is 13.1 Å². The molecule has 3 amide bonds. The van der Waals surface area contributed by atoms with Crippen LogP contribution in [0.15, 0.2) is 30.3 Å². The maximum Gasteiger partial charge on any atom is 0.241 e. The Morgan fingerprint density at radius 3 is 2.23 bits per heavy atom. The number of benzene rings is 1. The van der Waals surface area contributed by atoms with Crippen LogP contribution in [0.4, 0.5) is 0 Å². The molecule has 2 aliphatic rings. The normalized spacial score (nSPS) is 18.0. The Morgan fingerprint density at radius 1 is 0.923 bits per heavy atom. The van der Waals surface area contributed by atoms with E-state index in [1.165, 1.54) is 0 Å². The third-order valence-electron chi connectivity index (χ3n) is 5.26. The fourth-order valence-electron chi connectivity index (χ4n) is 3.70. The number of carbonyl (C=O) groups is 3. The quantitative estimate of drug-likeness (QED) is 0.861. The molecular weight excluding hydrogens is 330 g/mol. The van der Waals surface area contributed by atoms with Crippen LogP contribution < -0.4 is 5.32 Å². The highest BCUT2D eigenvalue weighted by Gasteiger charge is 2.31. The summed E-state index contributed by atoms with van der Waals surface area (Å²) in [6.07, 6.45) is 3.93. The van der Waals surface area contributed by atoms with Crippen molar-refractivity contribution in [3.8, 4) is 0 Å². The van der Waals surface area contributed by atoms with E-state index in [4.69, 9.17) is 0 Å². The third kappa shape index (κ3) is 4.84. The van der Waals surface area contributed by atoms with Crippen molar-refractivity contribution in [2.45, 2.75) is 32.1 Å². The predicted octanol–water partition coefficient (Wildman–Crippen LogP) is 1.21. The second kappa shape index (κ2) is 8.83. The lowest BCUT2D eigenvalue weighted by molar-refractivity contribution is -0.140. The predicted molar refractivity (Wildman–Crippen MR) is 98.3 cm³/mol. The minimum absolute atomic E-state index is 0.0242. The van der Waals surface area contributed by atoms with Crippen molar-refractivity contribution in [3.63, 3.8) is 0 Å². The summed E-state index contributed by atoms with van der Waals surface area (Å²) in [6.45, 7) is 2.97. The van der Waals surface area contributed by atoms with E-state index in [2.05, 4.69) is 5.32 Å². The number of likely N-dealkylation sites (tertiary alicyclic amines) is 2. The number of nitrogens with zero attached hydrogens (tertiary/aromatic N) is 2. The Labute approximate surface area is 154 Å². The summed E-state index contributed by atoms with van der Waals surface area (Å²) < 4.78 is 0. The average Bonchev–Trinajstić information content (AvgIpc) is 3.21. The molecule has 1 N–H and O–H groups in total. The number of hydrogen-bond donors (Lipinski definition) is 1. The fourth-order valence-corrected chi connectivity index (χ4v) is 3.70. The van der Waals surface area contributed by atoms with E-state index in [1.54, 1.807) is 4.90 Å². The van der Waals surface area contributed by atoms with E-state index < -0.39 is 0 Å². The van der Waals surface area contributed by atoms with E-state index in [9.17, 15) is 14.4 Å². The molecule has 0 bridgehead atoms. The van der Waals surface area contributed by atoms with Crippen LogP contribution in [0.3, 0.4) is 0 Å². The number of nitrogens with one attached hydrogen (secondary N) is 1. The summed E-state index contributed by atoms with van der Waals surface area (Å²) in [5, 5.41) is 2.70. The first-order valence-corrected chi connectivity index (χ1v) is 9.50. The van der Waals surface area contributed by atoms with E-state index in [-0.39, 0.29) is 36.6 Å². The monoisotopic (exact) mass is 357 g/mol. The molecule has 1 aromatic carbocycles. The van der Waals surface area contributed by atoms with Crippen LogP contribution in [0, 0.1) is 5.92 Å². The van der Waals surface area contributed by atoms with E-state index in [0.717, 1.165) is 44.3 Å². The first-order valence-electron chi connectivity index (χ1n) is 9.50. The number of carbonyl (C=O) groups excluding carboxylic acids is 3. The Bertz CT molecular complexity index is 633. The third-order valence-corrected chi connectivity index (χ3v) is 5.26. The van der Waals surface area contributed by atoms with Crippen LogP contribution in [0.25, 0.3) is 0 Å². The summed E-state index contributed by atoms with van der Waals surface area (Å²) in [5.41, 5.74) is 0.929. The van der Waals surface area contributed by atoms with Gasteiger partial charge in [0.05, 0.1) is 13.0 Å². The first-order chi connectivity index (χ1) is 12.6. The molecule has 140 valence electrons. The summed E-state index contributed by atoms with van der Waals surface area (Å²) in [6, 6.07) is 9.47. The maximum atomic E-state index is 12.4. The second-order valence-electron chi connectivity index (χ2n) is 7.13. The minimum atomic E-state index is -0.149. The van der Waals surface area contributed by atoms with Gasteiger partial charge >= 0.3 is 0 Å². The zero-order valence-electron chi connectivity index (χ0n) is 15.2. The molecule has 2 fully saturated rings. The van der Waals surface area contributed by atoms with Crippen LogP contribution in [-0.4, -0.2) is 60.2 Å². The fraction of sp³-hybridized carbons (Fsp3) is 0.550. The van der Waals surface area contributed by atoms with Crippen molar-refractivity contribution in [2.75, 3.05) is 32.7 Å². The van der Waals surface area contributed by atoms with Crippen LogP contribution in [0.2, 0.25) is 0 Å². The highest BCUT2D eigenvalue weighted by atomic mass is 16.2. The van der Waals surface area contributed by atoms with Crippen molar-refractivity contribution in [1.82, 2.24) is 15.1 Å². The minimum Gasteiger partial charge on any atom is -0.347 e. The number of rotatable bonds is 5. The number of piperidine rings is 1. The molecule has 0 saturated carbocycles. The summed E-state index contributed by atoms with van der Waals surface area (Å²) in [5.74, 6) is 0.0812. The van der Waals surface area contributed by atoms with Gasteiger partial charge in [-0.2, -0.15) is 0 Å². The highest BCUT2D eigenvalue weighted by Crippen LogP contribution is 2.22. The Balaban J connectivity index is 1.38. The molecule has 0 aromatic heterocycles. The van der Waals surface area contributed by atoms with Gasteiger partial charge in [-0.25, -0.2) is 0 Å². The highest BCUT2D eigenvalue weighted by molar-refractivity contribution is 5.86. The van der Waals surface area contributed by atoms with Gasteiger partial charge in [-0.05, 0) is 31.2 Å². The molecule has 2 aliphatic heterocycles. The molecule has 0 spiro atoms. The van der Waals surface area contributed by atoms with Gasteiger partial charge in [-0.15, -0.1) is 0 Å². The van der Waals surface area contributed by atoms with Crippen molar-refractivity contribution in [3.05, 3.63) is 35.9 Å². The van der Waals surface area contributed by atoms with Crippen LogP contribution in [-0.2, 0) is 20.8 Å². The van der Waals surface area contributed by atoms with E-state index >= 15 is 0 Å². The van der Waals surface area contributed by atoms with Gasteiger partial charge in [0.2, 0.25) is 17.7 Å². The van der Waals surface area contributed by atoms with Gasteiger partial charge in [0.1, 0.15) is 0 Å². The average molecular weight is 357 g/mol. The Kier molecular flexibility index (Phi) is 6.26. The van der Waals surface area contributed by atoms with Gasteiger partial charge in [0, 0.05) is 32.1 Å². The maximum absolute atomic E-state index is 12.4. The topological polar surface area (TPSA) is 69.7 Å². The molecular formula is C20H27N3O3. The molecule has 1 aromatic rings. The van der Waals surface area contributed by atoms with Crippen molar-refractivity contribution < 1.29 is 14.4 Å². The molecule has 3 rings (SSSR count). The van der Waals surface area contributed by atoms with E-state index in [1.807, 2.05) is 35.2 Å². The molecule has 0 aliphatic carbocycles. The van der Waals surface area contributed by atoms with Gasteiger partial charge in [-0.1, -0.05) is 30.3 Å². The molecule has 26 heavy (non-hydrogen) atoms. The van der Waals surface area contributed by atoms with Crippen LogP contribution >= 0.6 is 0 Å². The Morgan fingerprint density at radius 2 is 1.58 bits per heavy atom. The lowest BCUT2D eigenvalue weighted by Crippen LogP contribution is -2.47. The molecule has 6 heteroatoms. The lowest BCUT2D eigenvalue weighted by atomic mass is 9.95. The van der Waals surface area contributed by atoms with Crippen LogP contribution in [0.5, 0.6) is 0 Å². The van der Waals surface area contributed by atoms with Gasteiger partial charge < -0.3 is 15.1 Å². The van der Waals surface area contributed by atoms with Gasteiger partial charge in [-0.3, -0.25) is 14.4 Å². The summed E-state index contributed by atoms with van der Waals surface area (Å²) in [4.78, 5) is 40.4. The SMILES string of the molecule is O=C(Cc1ccccc1)NCC(=O)N1CCC(C(=O)N2CCCC2)CC1. The molecule has 2 heterocycles. The molecule has 2 saturated heterocycles. The smallest absolute Gasteiger partial charge is 0.241 e. The van der Waals surface area contributed by atoms with Crippen molar-refractivity contribution in [1.29, 1.82) is 0 Å². The Hall–Kier alpha value is -2.37. The zero-order valence-corrected chi connectivity index (χ0v) is 15.2. The van der Waals surface area contributed by atoms with Crippen LogP contribution in [0.1, 0.15) is 31.2 Å². The second-order valence-corrected chi connectivity index (χ2v) is 7.13.